The molecule has 0 amide bonds. The molecule has 0 aromatic carbocycles. The van der Waals surface area contributed by atoms with Gasteiger partial charge in [-0.1, -0.05) is 0 Å². The summed E-state index contributed by atoms with van der Waals surface area (Å²) in [7, 11) is 1.99. The van der Waals surface area contributed by atoms with Crippen LogP contribution in [-0.2, 0) is 13.6 Å². The Morgan fingerprint density at radius 1 is 1.64 bits per heavy atom. The van der Waals surface area contributed by atoms with E-state index in [1.54, 1.807) is 0 Å². The molecule has 3 nitrogen and oxygen atoms in total. The highest BCUT2D eigenvalue weighted by Crippen LogP contribution is 2.32. The van der Waals surface area contributed by atoms with Crippen molar-refractivity contribution in [3.8, 4) is 0 Å². The smallest absolute Gasteiger partial charge is 0.0537 e. The first-order valence-corrected chi connectivity index (χ1v) is 5.39. The van der Waals surface area contributed by atoms with Crippen LogP contribution >= 0.6 is 0 Å². The number of hydrogen-bond donors (Lipinski definition) is 1. The van der Waals surface area contributed by atoms with Gasteiger partial charge in [0.15, 0.2) is 0 Å². The lowest BCUT2D eigenvalue weighted by Gasteiger charge is -2.11. The van der Waals surface area contributed by atoms with Gasteiger partial charge < -0.3 is 5.32 Å². The van der Waals surface area contributed by atoms with E-state index in [9.17, 15) is 0 Å². The van der Waals surface area contributed by atoms with E-state index in [1.807, 2.05) is 17.9 Å². The standard InChI is InChI=1S/C11H19N3/c1-8(10-4-5-10)12-6-11-7-13-14(3)9(11)2/h7-8,10,12H,4-6H2,1-3H3. The minimum Gasteiger partial charge on any atom is -0.310 e. The molecule has 0 saturated heterocycles. The molecule has 1 aromatic heterocycles. The van der Waals surface area contributed by atoms with Crippen LogP contribution in [0, 0.1) is 12.8 Å². The first-order chi connectivity index (χ1) is 6.68. The highest BCUT2D eigenvalue weighted by atomic mass is 15.3. The molecule has 14 heavy (non-hydrogen) atoms. The maximum atomic E-state index is 4.23. The van der Waals surface area contributed by atoms with Crippen molar-refractivity contribution < 1.29 is 0 Å². The third-order valence-electron chi connectivity index (χ3n) is 3.28. The predicted molar refractivity (Wildman–Crippen MR) is 57.0 cm³/mol. The van der Waals surface area contributed by atoms with Gasteiger partial charge in [0, 0.05) is 30.9 Å². The van der Waals surface area contributed by atoms with Crippen molar-refractivity contribution in [2.45, 2.75) is 39.3 Å². The van der Waals surface area contributed by atoms with E-state index in [0.29, 0.717) is 6.04 Å². The van der Waals surface area contributed by atoms with Gasteiger partial charge in [-0.05, 0) is 32.6 Å². The van der Waals surface area contributed by atoms with Crippen LogP contribution in [-0.4, -0.2) is 15.8 Å². The summed E-state index contributed by atoms with van der Waals surface area (Å²) in [6.07, 6.45) is 4.77. The normalized spacial score (nSPS) is 18.5. The summed E-state index contributed by atoms with van der Waals surface area (Å²) >= 11 is 0. The van der Waals surface area contributed by atoms with Crippen LogP contribution in [0.5, 0.6) is 0 Å². The molecule has 0 spiro atoms. The molecule has 78 valence electrons. The van der Waals surface area contributed by atoms with Gasteiger partial charge >= 0.3 is 0 Å². The Labute approximate surface area is 85.5 Å². The van der Waals surface area contributed by atoms with Gasteiger partial charge in [0.2, 0.25) is 0 Å². The Balaban J connectivity index is 1.87. The zero-order valence-electron chi connectivity index (χ0n) is 9.25. The van der Waals surface area contributed by atoms with E-state index >= 15 is 0 Å². The minimum absolute atomic E-state index is 0.662. The predicted octanol–water partition coefficient (Wildman–Crippen LogP) is 1.62. The molecule has 0 bridgehead atoms. The van der Waals surface area contributed by atoms with Crippen LogP contribution < -0.4 is 5.32 Å². The Morgan fingerprint density at radius 2 is 2.36 bits per heavy atom. The number of aromatic nitrogens is 2. The first-order valence-electron chi connectivity index (χ1n) is 5.39. The largest absolute Gasteiger partial charge is 0.310 e. The van der Waals surface area contributed by atoms with Crippen LogP contribution in [0.4, 0.5) is 0 Å². The quantitative estimate of drug-likeness (QED) is 0.787. The molecule has 1 unspecified atom stereocenters. The van der Waals surface area contributed by atoms with Crippen LogP contribution in [0.2, 0.25) is 0 Å². The molecule has 0 aliphatic heterocycles. The van der Waals surface area contributed by atoms with Gasteiger partial charge in [0.05, 0.1) is 6.20 Å². The second-order valence-corrected chi connectivity index (χ2v) is 4.39. The lowest BCUT2D eigenvalue weighted by molar-refractivity contribution is 0.495. The lowest BCUT2D eigenvalue weighted by Crippen LogP contribution is -2.27. The van der Waals surface area contributed by atoms with Gasteiger partial charge in [-0.2, -0.15) is 5.10 Å². The average molecular weight is 193 g/mol. The Kier molecular flexibility index (Phi) is 2.59. The van der Waals surface area contributed by atoms with Crippen molar-refractivity contribution in [1.82, 2.24) is 15.1 Å². The van der Waals surface area contributed by atoms with Crippen molar-refractivity contribution in [3.05, 3.63) is 17.5 Å². The molecule has 1 heterocycles. The molecule has 1 aliphatic rings. The summed E-state index contributed by atoms with van der Waals surface area (Å²) in [5.41, 5.74) is 2.58. The van der Waals surface area contributed by atoms with Gasteiger partial charge in [-0.25, -0.2) is 0 Å². The SMILES string of the molecule is Cc1c(CNC(C)C2CC2)cnn1C. The lowest BCUT2D eigenvalue weighted by atomic mass is 10.2. The van der Waals surface area contributed by atoms with Gasteiger partial charge in [0.25, 0.3) is 0 Å². The summed E-state index contributed by atoms with van der Waals surface area (Å²) in [5, 5.41) is 7.79. The van der Waals surface area contributed by atoms with Crippen LogP contribution in [0.15, 0.2) is 6.20 Å². The molecular formula is C11H19N3. The molecule has 3 heteroatoms. The number of nitrogens with zero attached hydrogens (tertiary/aromatic N) is 2. The summed E-state index contributed by atoms with van der Waals surface area (Å²) in [4.78, 5) is 0. The Bertz CT molecular complexity index is 312. The Hall–Kier alpha value is -0.830. The fraction of sp³-hybridized carbons (Fsp3) is 0.727. The van der Waals surface area contributed by atoms with Gasteiger partial charge in [0.1, 0.15) is 0 Å². The third-order valence-corrected chi connectivity index (χ3v) is 3.28. The Morgan fingerprint density at radius 3 is 2.86 bits per heavy atom. The molecule has 1 aromatic rings. The number of aryl methyl sites for hydroxylation is 1. The van der Waals surface area contributed by atoms with Crippen molar-refractivity contribution in [1.29, 1.82) is 0 Å². The zero-order chi connectivity index (χ0) is 10.1. The summed E-state index contributed by atoms with van der Waals surface area (Å²) in [5.74, 6) is 0.923. The van der Waals surface area contributed by atoms with Gasteiger partial charge in [-0.3, -0.25) is 4.68 Å². The molecule has 1 aliphatic carbocycles. The summed E-state index contributed by atoms with van der Waals surface area (Å²) < 4.78 is 1.93. The number of rotatable bonds is 4. The molecule has 1 fully saturated rings. The third kappa shape index (κ3) is 1.98. The molecule has 1 atom stereocenters. The second-order valence-electron chi connectivity index (χ2n) is 4.39. The molecule has 2 rings (SSSR count). The molecule has 1 saturated carbocycles. The van der Waals surface area contributed by atoms with E-state index < -0.39 is 0 Å². The maximum absolute atomic E-state index is 4.23. The maximum Gasteiger partial charge on any atom is 0.0537 e. The van der Waals surface area contributed by atoms with Crippen molar-refractivity contribution >= 4 is 0 Å². The van der Waals surface area contributed by atoms with E-state index in [4.69, 9.17) is 0 Å². The zero-order valence-corrected chi connectivity index (χ0v) is 9.25. The fourth-order valence-electron chi connectivity index (χ4n) is 1.75. The van der Waals surface area contributed by atoms with E-state index in [-0.39, 0.29) is 0 Å². The monoisotopic (exact) mass is 193 g/mol. The molecule has 1 N–H and O–H groups in total. The van der Waals surface area contributed by atoms with E-state index in [1.165, 1.54) is 24.1 Å². The summed E-state index contributed by atoms with van der Waals surface area (Å²) in [6.45, 7) is 5.35. The van der Waals surface area contributed by atoms with Crippen molar-refractivity contribution in [2.75, 3.05) is 0 Å². The van der Waals surface area contributed by atoms with Crippen molar-refractivity contribution in [3.63, 3.8) is 0 Å². The molecule has 0 radical (unpaired) electrons. The van der Waals surface area contributed by atoms with Crippen LogP contribution in [0.25, 0.3) is 0 Å². The van der Waals surface area contributed by atoms with Crippen LogP contribution in [0.3, 0.4) is 0 Å². The van der Waals surface area contributed by atoms with E-state index in [0.717, 1.165) is 12.5 Å². The second kappa shape index (κ2) is 3.73. The topological polar surface area (TPSA) is 29.9 Å². The van der Waals surface area contributed by atoms with Gasteiger partial charge in [-0.15, -0.1) is 0 Å². The van der Waals surface area contributed by atoms with Crippen molar-refractivity contribution in [2.24, 2.45) is 13.0 Å². The fourth-order valence-corrected chi connectivity index (χ4v) is 1.75. The highest BCUT2D eigenvalue weighted by molar-refractivity contribution is 5.15. The average Bonchev–Trinajstić information content (AvgIpc) is 2.95. The summed E-state index contributed by atoms with van der Waals surface area (Å²) in [6, 6.07) is 0.662. The highest BCUT2D eigenvalue weighted by Gasteiger charge is 2.27. The number of nitrogens with one attached hydrogen (secondary N) is 1. The van der Waals surface area contributed by atoms with Crippen LogP contribution in [0.1, 0.15) is 31.0 Å². The first kappa shape index (κ1) is 9.71. The van der Waals surface area contributed by atoms with E-state index in [2.05, 4.69) is 24.3 Å². The molecular weight excluding hydrogens is 174 g/mol. The minimum atomic E-state index is 0.662. The number of hydrogen-bond acceptors (Lipinski definition) is 2.